The standard InChI is InChI=1S/C28H31F3N4O3/c1-14(2)38-17-11-20(30)25(21(31)12-17)26-19(29)5-6-22(34-26)27(36)35-23-13-33-8-7-18(23)16-9-15(3)28(4,37)24(32)10-16/h5-8,11-16,24,37H,9-10,32H2,1-4H3,(H,35,36)/t15-,16+,24+,28+/m0/s1. The molecule has 4 atom stereocenters. The highest BCUT2D eigenvalue weighted by Crippen LogP contribution is 2.43. The number of anilines is 1. The largest absolute Gasteiger partial charge is 0.491 e. The Hall–Kier alpha value is -3.50. The number of hydrogen-bond donors (Lipinski definition) is 3. The Morgan fingerprint density at radius 2 is 1.84 bits per heavy atom. The maximum Gasteiger partial charge on any atom is 0.274 e. The zero-order valence-electron chi connectivity index (χ0n) is 21.6. The molecule has 4 rings (SSSR count). The number of benzene rings is 1. The third-order valence-electron chi connectivity index (χ3n) is 7.17. The minimum Gasteiger partial charge on any atom is -0.491 e. The van der Waals surface area contributed by atoms with Gasteiger partial charge in [-0.15, -0.1) is 0 Å². The summed E-state index contributed by atoms with van der Waals surface area (Å²) < 4.78 is 49.6. The monoisotopic (exact) mass is 528 g/mol. The van der Waals surface area contributed by atoms with Crippen molar-refractivity contribution >= 4 is 11.6 Å². The van der Waals surface area contributed by atoms with Crippen LogP contribution in [-0.2, 0) is 0 Å². The highest BCUT2D eigenvalue weighted by Gasteiger charge is 2.42. The molecule has 2 heterocycles. The maximum absolute atomic E-state index is 14.8. The molecular weight excluding hydrogens is 497 g/mol. The number of nitrogens with one attached hydrogen (secondary N) is 1. The molecule has 2 aromatic heterocycles. The first-order valence-corrected chi connectivity index (χ1v) is 12.4. The van der Waals surface area contributed by atoms with Gasteiger partial charge in [0.15, 0.2) is 0 Å². The van der Waals surface area contributed by atoms with Gasteiger partial charge >= 0.3 is 0 Å². The van der Waals surface area contributed by atoms with Crippen molar-refractivity contribution in [2.24, 2.45) is 11.7 Å². The molecule has 1 aromatic carbocycles. The van der Waals surface area contributed by atoms with Crippen molar-refractivity contribution in [3.8, 4) is 17.0 Å². The molecule has 1 aliphatic rings. The van der Waals surface area contributed by atoms with Gasteiger partial charge in [0.1, 0.15) is 34.6 Å². The van der Waals surface area contributed by atoms with Crippen LogP contribution >= 0.6 is 0 Å². The van der Waals surface area contributed by atoms with Crippen LogP contribution in [0.4, 0.5) is 18.9 Å². The minimum atomic E-state index is -1.07. The molecule has 7 nitrogen and oxygen atoms in total. The summed E-state index contributed by atoms with van der Waals surface area (Å²) in [5.41, 5.74) is 4.85. The Morgan fingerprint density at radius 3 is 2.47 bits per heavy atom. The molecule has 1 saturated carbocycles. The fourth-order valence-electron chi connectivity index (χ4n) is 4.84. The third-order valence-corrected chi connectivity index (χ3v) is 7.17. The highest BCUT2D eigenvalue weighted by molar-refractivity contribution is 6.03. The highest BCUT2D eigenvalue weighted by atomic mass is 19.1. The van der Waals surface area contributed by atoms with E-state index in [0.29, 0.717) is 18.5 Å². The van der Waals surface area contributed by atoms with Crippen LogP contribution in [0, 0.1) is 23.4 Å². The lowest BCUT2D eigenvalue weighted by Gasteiger charge is -2.44. The van der Waals surface area contributed by atoms with E-state index in [4.69, 9.17) is 10.5 Å². The zero-order chi connectivity index (χ0) is 27.8. The van der Waals surface area contributed by atoms with E-state index in [1.807, 2.05) is 6.92 Å². The van der Waals surface area contributed by atoms with Crippen molar-refractivity contribution < 1.29 is 27.8 Å². The fraction of sp³-hybridized carbons (Fsp3) is 0.393. The van der Waals surface area contributed by atoms with E-state index < -0.39 is 46.3 Å². The summed E-state index contributed by atoms with van der Waals surface area (Å²) in [5.74, 6) is -4.02. The molecule has 38 heavy (non-hydrogen) atoms. The predicted octanol–water partition coefficient (Wildman–Crippen LogP) is 5.19. The molecule has 0 spiro atoms. The van der Waals surface area contributed by atoms with Gasteiger partial charge in [0.2, 0.25) is 0 Å². The number of carbonyl (C=O) groups excluding carboxylic acids is 1. The molecule has 1 fully saturated rings. The number of pyridine rings is 2. The number of carbonyl (C=O) groups is 1. The summed E-state index contributed by atoms with van der Waals surface area (Å²) in [6, 6.07) is 5.27. The normalized spacial score (nSPS) is 23.4. The quantitative estimate of drug-likeness (QED) is 0.406. The smallest absolute Gasteiger partial charge is 0.274 e. The number of nitrogens with two attached hydrogens (primary N) is 1. The maximum atomic E-state index is 14.8. The molecule has 0 radical (unpaired) electrons. The van der Waals surface area contributed by atoms with Crippen LogP contribution in [0.3, 0.4) is 0 Å². The van der Waals surface area contributed by atoms with Crippen molar-refractivity contribution in [1.82, 2.24) is 9.97 Å². The van der Waals surface area contributed by atoms with E-state index in [1.54, 1.807) is 33.0 Å². The molecule has 0 bridgehead atoms. The van der Waals surface area contributed by atoms with Gasteiger partial charge < -0.3 is 20.9 Å². The van der Waals surface area contributed by atoms with Crippen LogP contribution < -0.4 is 15.8 Å². The van der Waals surface area contributed by atoms with Gasteiger partial charge in [0.25, 0.3) is 5.91 Å². The van der Waals surface area contributed by atoms with E-state index >= 15 is 0 Å². The topological polar surface area (TPSA) is 110 Å². The van der Waals surface area contributed by atoms with Crippen LogP contribution in [-0.4, -0.2) is 38.7 Å². The van der Waals surface area contributed by atoms with Crippen molar-refractivity contribution in [2.75, 3.05) is 5.32 Å². The Kier molecular flexibility index (Phi) is 7.75. The SMILES string of the molecule is CC(C)Oc1cc(F)c(-c2nc(C(=O)Nc3cnccc3[C@H]3C[C@@H](N)[C@](C)(O)[C@@H](C)C3)ccc2F)c(F)c1. The lowest BCUT2D eigenvalue weighted by molar-refractivity contribution is -0.0463. The fourth-order valence-corrected chi connectivity index (χ4v) is 4.84. The van der Waals surface area contributed by atoms with Gasteiger partial charge in [-0.1, -0.05) is 6.92 Å². The van der Waals surface area contributed by atoms with E-state index in [-0.39, 0.29) is 29.4 Å². The van der Waals surface area contributed by atoms with Crippen LogP contribution in [0.15, 0.2) is 42.7 Å². The van der Waals surface area contributed by atoms with Crippen LogP contribution in [0.25, 0.3) is 11.3 Å². The lowest BCUT2D eigenvalue weighted by Crippen LogP contribution is -2.54. The first-order chi connectivity index (χ1) is 17.9. The number of hydrogen-bond acceptors (Lipinski definition) is 6. The average Bonchev–Trinajstić information content (AvgIpc) is 2.83. The summed E-state index contributed by atoms with van der Waals surface area (Å²) in [6.45, 7) is 7.05. The second-order valence-corrected chi connectivity index (χ2v) is 10.3. The van der Waals surface area contributed by atoms with E-state index in [9.17, 15) is 23.1 Å². The predicted molar refractivity (Wildman–Crippen MR) is 137 cm³/mol. The molecule has 4 N–H and O–H groups in total. The second kappa shape index (κ2) is 10.7. The first-order valence-electron chi connectivity index (χ1n) is 12.4. The number of ether oxygens (including phenoxy) is 1. The molecule has 0 aliphatic heterocycles. The second-order valence-electron chi connectivity index (χ2n) is 10.3. The van der Waals surface area contributed by atoms with Crippen molar-refractivity contribution in [3.63, 3.8) is 0 Å². The molecule has 1 amide bonds. The Labute approximate surface area is 219 Å². The van der Waals surface area contributed by atoms with E-state index in [0.717, 1.165) is 29.8 Å². The number of rotatable bonds is 6. The Bertz CT molecular complexity index is 1310. The summed E-state index contributed by atoms with van der Waals surface area (Å²) in [7, 11) is 0. The lowest BCUT2D eigenvalue weighted by atomic mass is 9.68. The average molecular weight is 529 g/mol. The van der Waals surface area contributed by atoms with Crippen LogP contribution in [0.5, 0.6) is 5.75 Å². The molecule has 1 aliphatic carbocycles. The Morgan fingerprint density at radius 1 is 1.16 bits per heavy atom. The number of nitrogens with zero attached hydrogens (tertiary/aromatic N) is 2. The van der Waals surface area contributed by atoms with Crippen LogP contribution in [0.2, 0.25) is 0 Å². The summed E-state index contributed by atoms with van der Waals surface area (Å²) in [5, 5.41) is 13.4. The Balaban J connectivity index is 1.62. The molecule has 0 saturated heterocycles. The summed E-state index contributed by atoms with van der Waals surface area (Å²) in [6.07, 6.45) is 3.90. The van der Waals surface area contributed by atoms with Gasteiger partial charge in [0, 0.05) is 24.4 Å². The van der Waals surface area contributed by atoms with Gasteiger partial charge in [-0.25, -0.2) is 18.2 Å². The molecular formula is C28H31F3N4O3. The van der Waals surface area contributed by atoms with Crippen molar-refractivity contribution in [3.05, 3.63) is 71.4 Å². The minimum absolute atomic E-state index is 0.0459. The number of aliphatic hydroxyl groups is 1. The van der Waals surface area contributed by atoms with Gasteiger partial charge in [0.05, 0.1) is 29.2 Å². The van der Waals surface area contributed by atoms with Gasteiger partial charge in [-0.05, 0) is 69.2 Å². The molecule has 202 valence electrons. The number of amides is 1. The first kappa shape index (κ1) is 27.5. The van der Waals surface area contributed by atoms with Gasteiger partial charge in [-0.3, -0.25) is 9.78 Å². The zero-order valence-corrected chi connectivity index (χ0v) is 21.6. The summed E-state index contributed by atoms with van der Waals surface area (Å²) >= 11 is 0. The van der Waals surface area contributed by atoms with E-state index in [2.05, 4.69) is 15.3 Å². The number of halogens is 3. The number of aromatic nitrogens is 2. The van der Waals surface area contributed by atoms with E-state index in [1.165, 1.54) is 6.20 Å². The van der Waals surface area contributed by atoms with Crippen LogP contribution in [0.1, 0.15) is 62.5 Å². The van der Waals surface area contributed by atoms with Gasteiger partial charge in [-0.2, -0.15) is 0 Å². The molecule has 0 unspecified atom stereocenters. The molecule has 3 aromatic rings. The molecule has 10 heteroatoms. The van der Waals surface area contributed by atoms with Crippen molar-refractivity contribution in [2.45, 2.75) is 64.2 Å². The summed E-state index contributed by atoms with van der Waals surface area (Å²) in [4.78, 5) is 21.2. The third kappa shape index (κ3) is 5.51. The van der Waals surface area contributed by atoms with Crippen molar-refractivity contribution in [1.29, 1.82) is 0 Å².